The molecule has 3 N–H and O–H groups in total. The largest absolute Gasteiger partial charge is 0.377 e. The third-order valence-corrected chi connectivity index (χ3v) is 3.82. The van der Waals surface area contributed by atoms with Crippen molar-refractivity contribution < 1.29 is 9.53 Å². The van der Waals surface area contributed by atoms with Crippen molar-refractivity contribution in [3.63, 3.8) is 0 Å². The lowest BCUT2D eigenvalue weighted by molar-refractivity contribution is -0.120. The topological polar surface area (TPSA) is 64.3 Å². The fraction of sp³-hybridized carbons (Fsp3) is 0.533. The molecule has 0 aromatic heterocycles. The molecule has 1 aromatic carbocycles. The Morgan fingerprint density at radius 1 is 1.53 bits per heavy atom. The summed E-state index contributed by atoms with van der Waals surface area (Å²) >= 11 is 0. The molecule has 4 nitrogen and oxygen atoms in total. The summed E-state index contributed by atoms with van der Waals surface area (Å²) in [7, 11) is 0. The highest BCUT2D eigenvalue weighted by atomic mass is 16.5. The number of hydrogen-bond acceptors (Lipinski definition) is 3. The van der Waals surface area contributed by atoms with E-state index in [0.717, 1.165) is 30.6 Å². The van der Waals surface area contributed by atoms with Crippen LogP contribution in [0.25, 0.3) is 0 Å². The van der Waals surface area contributed by atoms with Crippen LogP contribution in [0.3, 0.4) is 0 Å². The molecule has 0 aliphatic carbocycles. The van der Waals surface area contributed by atoms with Crippen molar-refractivity contribution in [1.29, 1.82) is 0 Å². The summed E-state index contributed by atoms with van der Waals surface area (Å²) in [5.41, 5.74) is 8.78. The smallest absolute Gasteiger partial charge is 0.239 e. The lowest BCUT2D eigenvalue weighted by atomic mass is 9.97. The number of benzene rings is 1. The summed E-state index contributed by atoms with van der Waals surface area (Å²) in [6.07, 6.45) is 2.34. The van der Waals surface area contributed by atoms with E-state index >= 15 is 0 Å². The Morgan fingerprint density at radius 2 is 2.32 bits per heavy atom. The molecular formula is C15H22N2O2. The molecule has 1 fully saturated rings. The first-order valence-electron chi connectivity index (χ1n) is 6.80. The van der Waals surface area contributed by atoms with Crippen LogP contribution in [-0.4, -0.2) is 25.2 Å². The first-order chi connectivity index (χ1) is 9.09. The average Bonchev–Trinajstić information content (AvgIpc) is 2.87. The van der Waals surface area contributed by atoms with Crippen molar-refractivity contribution >= 4 is 5.91 Å². The van der Waals surface area contributed by atoms with Gasteiger partial charge in [-0.1, -0.05) is 18.2 Å². The van der Waals surface area contributed by atoms with E-state index in [1.54, 1.807) is 0 Å². The van der Waals surface area contributed by atoms with Gasteiger partial charge in [-0.25, -0.2) is 0 Å². The lowest BCUT2D eigenvalue weighted by Gasteiger charge is -2.21. The van der Waals surface area contributed by atoms with Crippen molar-refractivity contribution in [1.82, 2.24) is 5.32 Å². The van der Waals surface area contributed by atoms with E-state index < -0.39 is 6.04 Å². The van der Waals surface area contributed by atoms with Gasteiger partial charge in [-0.3, -0.25) is 10.1 Å². The van der Waals surface area contributed by atoms with E-state index in [1.807, 2.05) is 32.0 Å². The molecule has 19 heavy (non-hydrogen) atoms. The molecule has 1 aliphatic rings. The number of primary amides is 1. The molecule has 1 amide bonds. The Balaban J connectivity index is 2.10. The molecule has 2 atom stereocenters. The van der Waals surface area contributed by atoms with Crippen molar-refractivity contribution in [3.8, 4) is 0 Å². The molecule has 104 valence electrons. The van der Waals surface area contributed by atoms with Crippen molar-refractivity contribution in [2.75, 3.05) is 13.2 Å². The quantitative estimate of drug-likeness (QED) is 0.847. The highest BCUT2D eigenvalue weighted by Crippen LogP contribution is 2.21. The maximum atomic E-state index is 11.7. The molecule has 0 bridgehead atoms. The zero-order valence-corrected chi connectivity index (χ0v) is 11.6. The molecule has 1 aliphatic heterocycles. The summed E-state index contributed by atoms with van der Waals surface area (Å²) < 4.78 is 5.56. The molecule has 1 aromatic rings. The molecule has 1 heterocycles. The highest BCUT2D eigenvalue weighted by molar-refractivity contribution is 5.82. The summed E-state index contributed by atoms with van der Waals surface area (Å²) in [4.78, 5) is 11.7. The number of nitrogens with two attached hydrogens (primary N) is 1. The molecule has 0 spiro atoms. The van der Waals surface area contributed by atoms with Crippen LogP contribution < -0.4 is 11.1 Å². The third-order valence-electron chi connectivity index (χ3n) is 3.82. The standard InChI is InChI=1S/C15H22N2O2/c1-10-5-3-7-13(11(10)2)14(15(16)18)17-9-12-6-4-8-19-12/h3,5,7,12,14,17H,4,6,8-9H2,1-2H3,(H2,16,18). The number of aryl methyl sites for hydroxylation is 1. The minimum atomic E-state index is -0.441. The van der Waals surface area contributed by atoms with Gasteiger partial charge in [-0.05, 0) is 43.4 Å². The minimum Gasteiger partial charge on any atom is -0.377 e. The maximum absolute atomic E-state index is 11.7. The summed E-state index contributed by atoms with van der Waals surface area (Å²) in [5.74, 6) is -0.341. The molecule has 0 radical (unpaired) electrons. The first-order valence-corrected chi connectivity index (χ1v) is 6.80. The van der Waals surface area contributed by atoms with Gasteiger partial charge in [0.2, 0.25) is 5.91 Å². The fourth-order valence-electron chi connectivity index (χ4n) is 2.50. The minimum absolute atomic E-state index is 0.201. The molecule has 4 heteroatoms. The number of rotatable bonds is 5. The Kier molecular flexibility index (Phi) is 4.56. The Morgan fingerprint density at radius 3 is 2.95 bits per heavy atom. The average molecular weight is 262 g/mol. The normalized spacial score (nSPS) is 20.4. The van der Waals surface area contributed by atoms with Gasteiger partial charge in [0.15, 0.2) is 0 Å². The highest BCUT2D eigenvalue weighted by Gasteiger charge is 2.22. The van der Waals surface area contributed by atoms with Crippen LogP contribution in [0.5, 0.6) is 0 Å². The van der Waals surface area contributed by atoms with Gasteiger partial charge in [0, 0.05) is 13.2 Å². The van der Waals surface area contributed by atoms with E-state index in [2.05, 4.69) is 5.32 Å². The van der Waals surface area contributed by atoms with Crippen LogP contribution >= 0.6 is 0 Å². The number of carbonyl (C=O) groups is 1. The van der Waals surface area contributed by atoms with E-state index in [4.69, 9.17) is 10.5 Å². The lowest BCUT2D eigenvalue weighted by Crippen LogP contribution is -2.38. The van der Waals surface area contributed by atoms with Crippen LogP contribution in [0.2, 0.25) is 0 Å². The second kappa shape index (κ2) is 6.17. The second-order valence-corrected chi connectivity index (χ2v) is 5.17. The maximum Gasteiger partial charge on any atom is 0.239 e. The fourth-order valence-corrected chi connectivity index (χ4v) is 2.50. The van der Waals surface area contributed by atoms with Gasteiger partial charge in [0.1, 0.15) is 6.04 Å². The molecular weight excluding hydrogens is 240 g/mol. The van der Waals surface area contributed by atoms with Crippen molar-refractivity contribution in [2.45, 2.75) is 38.8 Å². The van der Waals surface area contributed by atoms with Gasteiger partial charge < -0.3 is 10.5 Å². The van der Waals surface area contributed by atoms with Gasteiger partial charge >= 0.3 is 0 Å². The molecule has 1 saturated heterocycles. The van der Waals surface area contributed by atoms with E-state index in [0.29, 0.717) is 6.54 Å². The predicted octanol–water partition coefficient (Wildman–Crippen LogP) is 1.60. The SMILES string of the molecule is Cc1cccc(C(NCC2CCCO2)C(N)=O)c1C. The third kappa shape index (κ3) is 3.33. The monoisotopic (exact) mass is 262 g/mol. The van der Waals surface area contributed by atoms with E-state index in [-0.39, 0.29) is 12.0 Å². The zero-order chi connectivity index (χ0) is 13.8. The van der Waals surface area contributed by atoms with Crippen LogP contribution in [0.15, 0.2) is 18.2 Å². The number of hydrogen-bond donors (Lipinski definition) is 2. The van der Waals surface area contributed by atoms with Crippen molar-refractivity contribution in [2.24, 2.45) is 5.73 Å². The number of amides is 1. The molecule has 2 rings (SSSR count). The number of carbonyl (C=O) groups excluding carboxylic acids is 1. The number of ether oxygens (including phenoxy) is 1. The van der Waals surface area contributed by atoms with Gasteiger partial charge in [-0.2, -0.15) is 0 Å². The Bertz CT molecular complexity index is 453. The van der Waals surface area contributed by atoms with Crippen LogP contribution in [0.4, 0.5) is 0 Å². The van der Waals surface area contributed by atoms with Crippen LogP contribution in [-0.2, 0) is 9.53 Å². The number of nitrogens with one attached hydrogen (secondary N) is 1. The summed E-state index contributed by atoms with van der Waals surface area (Å²) in [6, 6.07) is 5.52. The van der Waals surface area contributed by atoms with E-state index in [1.165, 1.54) is 5.56 Å². The van der Waals surface area contributed by atoms with Crippen LogP contribution in [0, 0.1) is 13.8 Å². The predicted molar refractivity (Wildman–Crippen MR) is 74.8 cm³/mol. The summed E-state index contributed by atoms with van der Waals surface area (Å²) in [6.45, 7) is 5.55. The second-order valence-electron chi connectivity index (χ2n) is 5.17. The molecule has 2 unspecified atom stereocenters. The van der Waals surface area contributed by atoms with Crippen LogP contribution in [0.1, 0.15) is 35.6 Å². The molecule has 0 saturated carbocycles. The zero-order valence-electron chi connectivity index (χ0n) is 11.6. The Labute approximate surface area is 114 Å². The van der Waals surface area contributed by atoms with Gasteiger partial charge in [-0.15, -0.1) is 0 Å². The first kappa shape index (κ1) is 14.0. The Hall–Kier alpha value is -1.39. The van der Waals surface area contributed by atoms with Gasteiger partial charge in [0.05, 0.1) is 6.10 Å². The van der Waals surface area contributed by atoms with Crippen molar-refractivity contribution in [3.05, 3.63) is 34.9 Å². The summed E-state index contributed by atoms with van der Waals surface area (Å²) in [5, 5.41) is 3.25. The van der Waals surface area contributed by atoms with E-state index in [9.17, 15) is 4.79 Å². The van der Waals surface area contributed by atoms with Gasteiger partial charge in [0.25, 0.3) is 0 Å².